The molecule has 0 aliphatic rings. The van der Waals surface area contributed by atoms with E-state index in [9.17, 15) is 9.18 Å². The largest absolute Gasteiger partial charge is 0.481 e. The van der Waals surface area contributed by atoms with Gasteiger partial charge in [0.05, 0.1) is 6.61 Å². The maximum Gasteiger partial charge on any atom is 0.316 e. The Bertz CT molecular complexity index is 389. The van der Waals surface area contributed by atoms with Crippen LogP contribution in [0.2, 0.25) is 0 Å². The van der Waals surface area contributed by atoms with Crippen LogP contribution in [0.1, 0.15) is 18.1 Å². The Labute approximate surface area is 87.2 Å². The maximum atomic E-state index is 13.0. The predicted molar refractivity (Wildman–Crippen MR) is 53.2 cm³/mol. The van der Waals surface area contributed by atoms with E-state index >= 15 is 0 Å². The first-order valence-electron chi connectivity index (χ1n) is 4.52. The summed E-state index contributed by atoms with van der Waals surface area (Å²) in [6, 6.07) is 4.04. The van der Waals surface area contributed by atoms with Gasteiger partial charge in [0.2, 0.25) is 0 Å². The van der Waals surface area contributed by atoms with E-state index in [0.29, 0.717) is 11.1 Å². The topological polar surface area (TPSA) is 57.5 Å². The van der Waals surface area contributed by atoms with E-state index in [0.717, 1.165) is 0 Å². The van der Waals surface area contributed by atoms with Gasteiger partial charge in [-0.3, -0.25) is 4.79 Å². The molecule has 0 amide bonds. The Balaban J connectivity index is 3.25. The second kappa shape index (κ2) is 3.98. The number of benzene rings is 1. The van der Waals surface area contributed by atoms with Crippen molar-refractivity contribution in [3.63, 3.8) is 0 Å². The van der Waals surface area contributed by atoms with Gasteiger partial charge >= 0.3 is 5.97 Å². The molecule has 0 saturated carbocycles. The third-order valence-electron chi connectivity index (χ3n) is 2.58. The van der Waals surface area contributed by atoms with E-state index in [4.69, 9.17) is 10.2 Å². The van der Waals surface area contributed by atoms with Gasteiger partial charge in [0, 0.05) is 0 Å². The molecule has 0 heterocycles. The lowest BCUT2D eigenvalue weighted by Crippen LogP contribution is -2.36. The molecule has 1 atom stereocenters. The number of hydrogen-bond donors (Lipinski definition) is 2. The smallest absolute Gasteiger partial charge is 0.316 e. The minimum Gasteiger partial charge on any atom is -0.481 e. The number of carboxylic acid groups (broad SMARTS) is 1. The summed E-state index contributed by atoms with van der Waals surface area (Å²) in [6.07, 6.45) is 0. The third kappa shape index (κ3) is 1.99. The first kappa shape index (κ1) is 11.7. The van der Waals surface area contributed by atoms with Crippen molar-refractivity contribution < 1.29 is 19.4 Å². The zero-order valence-corrected chi connectivity index (χ0v) is 8.62. The fourth-order valence-electron chi connectivity index (χ4n) is 1.27. The molecule has 0 spiro atoms. The van der Waals surface area contributed by atoms with Crippen molar-refractivity contribution in [3.8, 4) is 0 Å². The first-order chi connectivity index (χ1) is 6.91. The summed E-state index contributed by atoms with van der Waals surface area (Å²) in [4.78, 5) is 11.0. The van der Waals surface area contributed by atoms with Crippen molar-refractivity contribution in [2.75, 3.05) is 6.61 Å². The summed E-state index contributed by atoms with van der Waals surface area (Å²) in [7, 11) is 0. The first-order valence-corrected chi connectivity index (χ1v) is 4.52. The van der Waals surface area contributed by atoms with Crippen LogP contribution in [0.5, 0.6) is 0 Å². The monoisotopic (exact) mass is 212 g/mol. The lowest BCUT2D eigenvalue weighted by Gasteiger charge is -2.22. The molecule has 1 unspecified atom stereocenters. The van der Waals surface area contributed by atoms with Crippen LogP contribution >= 0.6 is 0 Å². The van der Waals surface area contributed by atoms with Crippen molar-refractivity contribution in [3.05, 3.63) is 35.1 Å². The summed E-state index contributed by atoms with van der Waals surface area (Å²) < 4.78 is 13.0. The van der Waals surface area contributed by atoms with Crippen LogP contribution in [0.25, 0.3) is 0 Å². The highest BCUT2D eigenvalue weighted by Gasteiger charge is 2.34. The fourth-order valence-corrected chi connectivity index (χ4v) is 1.27. The SMILES string of the molecule is Cc1cc(C(C)(CO)C(=O)O)ccc1F. The molecular weight excluding hydrogens is 199 g/mol. The number of aryl methyl sites for hydroxylation is 1. The number of carbonyl (C=O) groups is 1. The van der Waals surface area contributed by atoms with Crippen LogP contribution in [0.3, 0.4) is 0 Å². The van der Waals surface area contributed by atoms with Crippen LogP contribution in [-0.4, -0.2) is 22.8 Å². The number of aliphatic hydroxyl groups is 1. The molecule has 15 heavy (non-hydrogen) atoms. The van der Waals surface area contributed by atoms with E-state index in [1.807, 2.05) is 0 Å². The molecule has 0 aliphatic carbocycles. The zero-order chi connectivity index (χ0) is 11.6. The summed E-state index contributed by atoms with van der Waals surface area (Å²) in [5.74, 6) is -1.51. The van der Waals surface area contributed by atoms with E-state index in [2.05, 4.69) is 0 Å². The number of hydrogen-bond acceptors (Lipinski definition) is 2. The highest BCUT2D eigenvalue weighted by molar-refractivity contribution is 5.81. The van der Waals surface area contributed by atoms with Crippen LogP contribution in [0, 0.1) is 12.7 Å². The minimum absolute atomic E-state index is 0.369. The molecule has 1 rings (SSSR count). The molecule has 0 radical (unpaired) electrons. The number of aliphatic hydroxyl groups excluding tert-OH is 1. The molecule has 0 fully saturated rings. The molecule has 82 valence electrons. The second-order valence-electron chi connectivity index (χ2n) is 3.76. The molecular formula is C11H13FO3. The number of carboxylic acids is 1. The van der Waals surface area contributed by atoms with Gasteiger partial charge in [-0.05, 0) is 31.0 Å². The van der Waals surface area contributed by atoms with Gasteiger partial charge in [-0.2, -0.15) is 0 Å². The van der Waals surface area contributed by atoms with Crippen molar-refractivity contribution in [1.29, 1.82) is 0 Å². The average Bonchev–Trinajstić information content (AvgIpc) is 2.20. The van der Waals surface area contributed by atoms with Gasteiger partial charge in [-0.1, -0.05) is 12.1 Å². The van der Waals surface area contributed by atoms with Gasteiger partial charge in [-0.25, -0.2) is 4.39 Å². The Kier molecular flexibility index (Phi) is 3.09. The van der Waals surface area contributed by atoms with Crippen molar-refractivity contribution >= 4 is 5.97 Å². The molecule has 4 heteroatoms. The number of rotatable bonds is 3. The molecule has 0 saturated heterocycles. The molecule has 1 aromatic rings. The van der Waals surface area contributed by atoms with Gasteiger partial charge in [-0.15, -0.1) is 0 Å². The standard InChI is InChI=1S/C11H13FO3/c1-7-5-8(3-4-9(7)12)11(2,6-13)10(14)15/h3-5,13H,6H2,1-2H3,(H,14,15). The van der Waals surface area contributed by atoms with E-state index in [-0.39, 0.29) is 5.82 Å². The highest BCUT2D eigenvalue weighted by atomic mass is 19.1. The maximum absolute atomic E-state index is 13.0. The van der Waals surface area contributed by atoms with Crippen LogP contribution in [-0.2, 0) is 10.2 Å². The van der Waals surface area contributed by atoms with E-state index < -0.39 is 18.0 Å². The molecule has 1 aromatic carbocycles. The fraction of sp³-hybridized carbons (Fsp3) is 0.364. The molecule has 0 aromatic heterocycles. The third-order valence-corrected chi connectivity index (χ3v) is 2.58. The second-order valence-corrected chi connectivity index (χ2v) is 3.76. The van der Waals surface area contributed by atoms with Crippen molar-refractivity contribution in [2.45, 2.75) is 19.3 Å². The lowest BCUT2D eigenvalue weighted by atomic mass is 9.83. The predicted octanol–water partition coefficient (Wildman–Crippen LogP) is 1.47. The quantitative estimate of drug-likeness (QED) is 0.797. The van der Waals surface area contributed by atoms with Crippen LogP contribution in [0.15, 0.2) is 18.2 Å². The lowest BCUT2D eigenvalue weighted by molar-refractivity contribution is -0.144. The Morgan fingerprint density at radius 3 is 2.53 bits per heavy atom. The summed E-state index contributed by atoms with van der Waals surface area (Å²) in [5.41, 5.74) is -0.608. The average molecular weight is 212 g/mol. The Morgan fingerprint density at radius 1 is 1.53 bits per heavy atom. The molecule has 0 aliphatic heterocycles. The molecule has 3 nitrogen and oxygen atoms in total. The van der Waals surface area contributed by atoms with Gasteiger partial charge in [0.1, 0.15) is 11.2 Å². The van der Waals surface area contributed by atoms with Crippen LogP contribution < -0.4 is 0 Å². The van der Waals surface area contributed by atoms with Gasteiger partial charge in [0.15, 0.2) is 0 Å². The van der Waals surface area contributed by atoms with Crippen molar-refractivity contribution in [2.24, 2.45) is 0 Å². The number of halogens is 1. The van der Waals surface area contributed by atoms with Gasteiger partial charge in [0.25, 0.3) is 0 Å². The Hall–Kier alpha value is -1.42. The summed E-state index contributed by atoms with van der Waals surface area (Å²) >= 11 is 0. The van der Waals surface area contributed by atoms with Crippen molar-refractivity contribution in [1.82, 2.24) is 0 Å². The Morgan fingerprint density at radius 2 is 2.13 bits per heavy atom. The molecule has 0 bridgehead atoms. The normalized spacial score (nSPS) is 14.7. The highest BCUT2D eigenvalue weighted by Crippen LogP contribution is 2.25. The van der Waals surface area contributed by atoms with E-state index in [1.54, 1.807) is 6.92 Å². The summed E-state index contributed by atoms with van der Waals surface area (Å²) in [6.45, 7) is 2.44. The van der Waals surface area contributed by atoms with Gasteiger partial charge < -0.3 is 10.2 Å². The molecule has 2 N–H and O–H groups in total. The van der Waals surface area contributed by atoms with Crippen LogP contribution in [0.4, 0.5) is 4.39 Å². The number of aliphatic carboxylic acids is 1. The van der Waals surface area contributed by atoms with E-state index in [1.165, 1.54) is 25.1 Å². The zero-order valence-electron chi connectivity index (χ0n) is 8.62. The minimum atomic E-state index is -1.38. The summed E-state index contributed by atoms with van der Waals surface area (Å²) in [5, 5.41) is 18.1.